The SMILES string of the molecule is COC(=O)N1CCC2(CC1)COc1c2ccc2c1CNC2=O. The van der Waals surface area contributed by atoms with Crippen LogP contribution >= 0.6 is 0 Å². The Hall–Kier alpha value is -2.24. The van der Waals surface area contributed by atoms with Gasteiger partial charge in [-0.3, -0.25) is 4.79 Å². The summed E-state index contributed by atoms with van der Waals surface area (Å²) < 4.78 is 10.8. The fourth-order valence-corrected chi connectivity index (χ4v) is 3.81. The number of benzene rings is 1. The first-order valence-corrected chi connectivity index (χ1v) is 7.55. The van der Waals surface area contributed by atoms with E-state index in [9.17, 15) is 9.59 Å². The van der Waals surface area contributed by atoms with E-state index >= 15 is 0 Å². The van der Waals surface area contributed by atoms with E-state index in [1.54, 1.807) is 4.90 Å². The Morgan fingerprint density at radius 1 is 1.36 bits per heavy atom. The van der Waals surface area contributed by atoms with Crippen molar-refractivity contribution >= 4 is 12.0 Å². The highest BCUT2D eigenvalue weighted by Gasteiger charge is 2.45. The van der Waals surface area contributed by atoms with Crippen LogP contribution in [0.25, 0.3) is 0 Å². The maximum Gasteiger partial charge on any atom is 0.409 e. The lowest BCUT2D eigenvalue weighted by Gasteiger charge is -2.37. The van der Waals surface area contributed by atoms with E-state index in [1.165, 1.54) is 12.7 Å². The molecule has 0 saturated carbocycles. The number of hydrogen-bond acceptors (Lipinski definition) is 4. The van der Waals surface area contributed by atoms with Gasteiger partial charge in [-0.1, -0.05) is 6.07 Å². The Balaban J connectivity index is 1.64. The lowest BCUT2D eigenvalue weighted by molar-refractivity contribution is 0.0929. The molecule has 22 heavy (non-hydrogen) atoms. The molecule has 1 aromatic rings. The molecule has 1 spiro atoms. The number of amides is 2. The van der Waals surface area contributed by atoms with Crippen molar-refractivity contribution in [1.82, 2.24) is 10.2 Å². The van der Waals surface area contributed by atoms with E-state index in [0.29, 0.717) is 26.2 Å². The molecule has 0 atom stereocenters. The van der Waals surface area contributed by atoms with Crippen molar-refractivity contribution in [3.63, 3.8) is 0 Å². The van der Waals surface area contributed by atoms with Crippen LogP contribution in [0.3, 0.4) is 0 Å². The molecule has 116 valence electrons. The van der Waals surface area contributed by atoms with Crippen LogP contribution in [0.2, 0.25) is 0 Å². The third kappa shape index (κ3) is 1.73. The summed E-state index contributed by atoms with van der Waals surface area (Å²) in [5.74, 6) is 0.852. The van der Waals surface area contributed by atoms with Gasteiger partial charge in [0.15, 0.2) is 0 Å². The molecule has 3 aliphatic heterocycles. The molecule has 0 unspecified atom stereocenters. The minimum atomic E-state index is -0.266. The van der Waals surface area contributed by atoms with E-state index in [0.717, 1.165) is 29.7 Å². The number of nitrogens with one attached hydrogen (secondary N) is 1. The van der Waals surface area contributed by atoms with Crippen LogP contribution in [0.4, 0.5) is 4.79 Å². The predicted molar refractivity (Wildman–Crippen MR) is 78.0 cm³/mol. The molecule has 1 N–H and O–H groups in total. The molecular formula is C16H18N2O4. The van der Waals surface area contributed by atoms with Crippen LogP contribution in [0, 0.1) is 0 Å². The second-order valence-electron chi connectivity index (χ2n) is 6.18. The van der Waals surface area contributed by atoms with Gasteiger partial charge >= 0.3 is 6.09 Å². The number of likely N-dealkylation sites (tertiary alicyclic amines) is 1. The third-order valence-electron chi connectivity index (χ3n) is 5.15. The summed E-state index contributed by atoms with van der Waals surface area (Å²) in [6.45, 7) is 2.51. The number of hydrogen-bond donors (Lipinski definition) is 1. The monoisotopic (exact) mass is 302 g/mol. The van der Waals surface area contributed by atoms with E-state index in [4.69, 9.17) is 9.47 Å². The standard InChI is InChI=1S/C16H18N2O4/c1-21-15(20)18-6-4-16(5-7-18)9-22-13-11-8-17-14(19)10(11)2-3-12(13)16/h2-3H,4-9H2,1H3,(H,17,19). The van der Waals surface area contributed by atoms with Crippen LogP contribution in [0.15, 0.2) is 12.1 Å². The van der Waals surface area contributed by atoms with Crippen LogP contribution < -0.4 is 10.1 Å². The Morgan fingerprint density at radius 3 is 2.86 bits per heavy atom. The van der Waals surface area contributed by atoms with Gasteiger partial charge in [0.2, 0.25) is 0 Å². The molecule has 0 aliphatic carbocycles. The average Bonchev–Trinajstić information content (AvgIpc) is 3.10. The highest BCUT2D eigenvalue weighted by Crippen LogP contribution is 2.48. The minimum Gasteiger partial charge on any atom is -0.492 e. The molecule has 3 aliphatic rings. The maximum atomic E-state index is 11.8. The fourth-order valence-electron chi connectivity index (χ4n) is 3.81. The molecule has 0 bridgehead atoms. The molecular weight excluding hydrogens is 284 g/mol. The van der Waals surface area contributed by atoms with Crippen molar-refractivity contribution < 1.29 is 19.1 Å². The van der Waals surface area contributed by atoms with Gasteiger partial charge in [0.05, 0.1) is 13.7 Å². The highest BCUT2D eigenvalue weighted by molar-refractivity contribution is 5.99. The molecule has 6 heteroatoms. The van der Waals surface area contributed by atoms with Gasteiger partial charge in [0.1, 0.15) is 5.75 Å². The number of rotatable bonds is 0. The number of carbonyl (C=O) groups excluding carboxylic acids is 2. The second kappa shape index (κ2) is 4.63. The van der Waals surface area contributed by atoms with Crippen molar-refractivity contribution in [3.05, 3.63) is 28.8 Å². The molecule has 1 fully saturated rings. The Bertz CT molecular complexity index is 662. The average molecular weight is 302 g/mol. The van der Waals surface area contributed by atoms with Crippen molar-refractivity contribution in [1.29, 1.82) is 0 Å². The first kappa shape index (κ1) is 13.4. The summed E-state index contributed by atoms with van der Waals surface area (Å²) in [5, 5.41) is 2.85. The van der Waals surface area contributed by atoms with Crippen molar-refractivity contribution in [2.45, 2.75) is 24.8 Å². The second-order valence-corrected chi connectivity index (χ2v) is 6.18. The van der Waals surface area contributed by atoms with Crippen molar-refractivity contribution in [3.8, 4) is 5.75 Å². The van der Waals surface area contributed by atoms with Gasteiger partial charge in [-0.05, 0) is 18.9 Å². The Labute approximate surface area is 128 Å². The highest BCUT2D eigenvalue weighted by atomic mass is 16.5. The van der Waals surface area contributed by atoms with Crippen LogP contribution in [0.5, 0.6) is 5.75 Å². The summed E-state index contributed by atoms with van der Waals surface area (Å²) in [6.07, 6.45) is 1.45. The molecule has 0 radical (unpaired) electrons. The van der Waals surface area contributed by atoms with E-state index in [2.05, 4.69) is 5.32 Å². The summed E-state index contributed by atoms with van der Waals surface area (Å²) in [5.41, 5.74) is 2.85. The number of methoxy groups -OCH3 is 1. The first-order valence-electron chi connectivity index (χ1n) is 7.55. The quantitative estimate of drug-likeness (QED) is 0.787. The third-order valence-corrected chi connectivity index (χ3v) is 5.15. The van der Waals surface area contributed by atoms with Gasteiger partial charge < -0.3 is 19.7 Å². The molecule has 1 saturated heterocycles. The molecule has 6 nitrogen and oxygen atoms in total. The number of ether oxygens (including phenoxy) is 2. The van der Waals surface area contributed by atoms with Gasteiger partial charge in [-0.25, -0.2) is 4.79 Å². The fraction of sp³-hybridized carbons (Fsp3) is 0.500. The molecule has 3 heterocycles. The summed E-state index contributed by atoms with van der Waals surface area (Å²) in [4.78, 5) is 25.1. The zero-order chi connectivity index (χ0) is 15.3. The van der Waals surface area contributed by atoms with Crippen molar-refractivity contribution in [2.24, 2.45) is 0 Å². The summed E-state index contributed by atoms with van der Waals surface area (Å²) >= 11 is 0. The lowest BCUT2D eigenvalue weighted by atomic mass is 9.74. The van der Waals surface area contributed by atoms with E-state index < -0.39 is 0 Å². The van der Waals surface area contributed by atoms with E-state index in [-0.39, 0.29) is 17.4 Å². The number of nitrogens with zero attached hydrogens (tertiary/aromatic N) is 1. The van der Waals surface area contributed by atoms with Crippen molar-refractivity contribution in [2.75, 3.05) is 26.8 Å². The number of piperidine rings is 1. The van der Waals surface area contributed by atoms with Crippen LogP contribution in [-0.4, -0.2) is 43.7 Å². The zero-order valence-electron chi connectivity index (χ0n) is 12.5. The minimum absolute atomic E-state index is 0.0251. The Kier molecular flexibility index (Phi) is 2.82. The van der Waals surface area contributed by atoms with Gasteiger partial charge in [0, 0.05) is 41.7 Å². The van der Waals surface area contributed by atoms with Gasteiger partial charge in [-0.15, -0.1) is 0 Å². The predicted octanol–water partition coefficient (Wildman–Crippen LogP) is 1.42. The molecule has 2 amide bonds. The normalized spacial score (nSPS) is 21.1. The molecule has 4 rings (SSSR count). The molecule has 1 aromatic carbocycles. The van der Waals surface area contributed by atoms with Gasteiger partial charge in [0.25, 0.3) is 5.91 Å². The zero-order valence-corrected chi connectivity index (χ0v) is 12.5. The maximum absolute atomic E-state index is 11.8. The summed E-state index contributed by atoms with van der Waals surface area (Å²) in [6, 6.07) is 3.93. The smallest absolute Gasteiger partial charge is 0.409 e. The topological polar surface area (TPSA) is 67.9 Å². The lowest BCUT2D eigenvalue weighted by Crippen LogP contribution is -2.45. The number of carbonyl (C=O) groups is 2. The largest absolute Gasteiger partial charge is 0.492 e. The van der Waals surface area contributed by atoms with Gasteiger partial charge in [-0.2, -0.15) is 0 Å². The van der Waals surface area contributed by atoms with Crippen LogP contribution in [0.1, 0.15) is 34.3 Å². The first-order chi connectivity index (χ1) is 10.6. The Morgan fingerprint density at radius 2 is 2.14 bits per heavy atom. The van der Waals surface area contributed by atoms with Crippen LogP contribution in [-0.2, 0) is 16.7 Å². The van der Waals surface area contributed by atoms with E-state index in [1.807, 2.05) is 12.1 Å². The molecule has 0 aromatic heterocycles. The number of fused-ring (bicyclic) bond motifs is 4. The summed E-state index contributed by atoms with van der Waals surface area (Å²) in [7, 11) is 1.41.